The molecule has 10 nitrogen and oxygen atoms in total. The number of amides is 1. The number of carbonyl (C=O) groups is 1. The summed E-state index contributed by atoms with van der Waals surface area (Å²) >= 11 is 0. The fourth-order valence-electron chi connectivity index (χ4n) is 3.97. The smallest absolute Gasteiger partial charge is 0.433 e. The Morgan fingerprint density at radius 3 is 2.47 bits per heavy atom. The van der Waals surface area contributed by atoms with Crippen LogP contribution in [0.5, 0.6) is 0 Å². The predicted octanol–water partition coefficient (Wildman–Crippen LogP) is 4.61. The number of morpholine rings is 1. The van der Waals surface area contributed by atoms with Crippen LogP contribution in [-0.2, 0) is 15.7 Å². The number of fused-ring (bicyclic) bond motifs is 1. The average molecular weight is 534 g/mol. The van der Waals surface area contributed by atoms with Crippen molar-refractivity contribution in [2.45, 2.75) is 45.6 Å². The van der Waals surface area contributed by atoms with Crippen LogP contribution in [0.15, 0.2) is 30.3 Å². The molecule has 2 aromatic heterocycles. The normalized spacial score (nSPS) is 15.3. The minimum absolute atomic E-state index is 0.161. The number of aryl methyl sites for hydroxylation is 1. The van der Waals surface area contributed by atoms with Crippen molar-refractivity contribution in [3.05, 3.63) is 47.4 Å². The van der Waals surface area contributed by atoms with Gasteiger partial charge in [0.15, 0.2) is 5.82 Å². The highest BCUT2D eigenvalue weighted by molar-refractivity contribution is 5.95. The molecule has 0 bridgehead atoms. The summed E-state index contributed by atoms with van der Waals surface area (Å²) < 4.78 is 51.4. The lowest BCUT2D eigenvalue weighted by atomic mass is 10.1. The summed E-state index contributed by atoms with van der Waals surface area (Å²) in [5, 5.41) is 15.2. The van der Waals surface area contributed by atoms with E-state index in [0.29, 0.717) is 24.3 Å². The number of benzene rings is 1. The van der Waals surface area contributed by atoms with E-state index in [9.17, 15) is 18.0 Å². The number of anilines is 3. The maximum atomic E-state index is 13.6. The first-order valence-corrected chi connectivity index (χ1v) is 12.0. The van der Waals surface area contributed by atoms with Crippen molar-refractivity contribution in [2.75, 3.05) is 41.8 Å². The number of hydrogen-bond acceptors (Lipinski definition) is 9. The summed E-state index contributed by atoms with van der Waals surface area (Å²) in [6, 6.07) is 7.81. The summed E-state index contributed by atoms with van der Waals surface area (Å²) in [6.07, 6.45) is -6.89. The van der Waals surface area contributed by atoms with Gasteiger partial charge >= 0.3 is 12.3 Å². The third-order valence-electron chi connectivity index (χ3n) is 5.72. The summed E-state index contributed by atoms with van der Waals surface area (Å²) in [7, 11) is 0. The summed E-state index contributed by atoms with van der Waals surface area (Å²) in [5.74, 6) is 0.286. The van der Waals surface area contributed by atoms with E-state index in [0.717, 1.165) is 30.2 Å². The number of aromatic nitrogens is 3. The summed E-state index contributed by atoms with van der Waals surface area (Å²) in [4.78, 5) is 18.1. The van der Waals surface area contributed by atoms with Gasteiger partial charge < -0.3 is 25.4 Å². The van der Waals surface area contributed by atoms with Gasteiger partial charge in [0.05, 0.1) is 24.6 Å². The molecule has 4 N–H and O–H groups in total. The van der Waals surface area contributed by atoms with Gasteiger partial charge in [-0.05, 0) is 52.0 Å². The van der Waals surface area contributed by atoms with E-state index < -0.39 is 29.7 Å². The predicted molar refractivity (Wildman–Crippen MR) is 137 cm³/mol. The zero-order valence-corrected chi connectivity index (χ0v) is 21.5. The third-order valence-corrected chi connectivity index (χ3v) is 5.72. The maximum Gasteiger partial charge on any atom is 0.433 e. The minimum Gasteiger partial charge on any atom is -0.444 e. The van der Waals surface area contributed by atoms with Crippen molar-refractivity contribution in [1.82, 2.24) is 15.2 Å². The monoisotopic (exact) mass is 533 g/mol. The maximum absolute atomic E-state index is 13.6. The molecule has 1 aromatic carbocycles. The van der Waals surface area contributed by atoms with E-state index in [-0.39, 0.29) is 17.2 Å². The summed E-state index contributed by atoms with van der Waals surface area (Å²) in [6.45, 7) is 9.43. The number of pyridine rings is 1. The second kappa shape index (κ2) is 10.6. The molecule has 0 radical (unpaired) electrons. The Labute approximate surface area is 217 Å². The third kappa shape index (κ3) is 6.58. The fraction of sp³-hybridized carbons (Fsp3) is 0.440. The molecule has 0 spiro atoms. The van der Waals surface area contributed by atoms with Crippen LogP contribution in [0.4, 0.5) is 35.2 Å². The van der Waals surface area contributed by atoms with Gasteiger partial charge in [0.1, 0.15) is 17.5 Å². The Hall–Kier alpha value is -3.71. The molecule has 38 heavy (non-hydrogen) atoms. The van der Waals surface area contributed by atoms with Gasteiger partial charge in [-0.1, -0.05) is 6.07 Å². The van der Waals surface area contributed by atoms with Gasteiger partial charge in [-0.2, -0.15) is 18.3 Å². The average Bonchev–Trinajstić information content (AvgIpc) is 2.84. The number of carbonyl (C=O) groups excluding carboxylic acids is 1. The number of ether oxygens (including phenoxy) is 2. The van der Waals surface area contributed by atoms with Crippen LogP contribution in [0.25, 0.3) is 10.8 Å². The molecule has 0 saturated carbocycles. The highest BCUT2D eigenvalue weighted by atomic mass is 19.4. The lowest BCUT2D eigenvalue weighted by Gasteiger charge is -2.29. The van der Waals surface area contributed by atoms with Crippen LogP contribution >= 0.6 is 0 Å². The van der Waals surface area contributed by atoms with Crippen molar-refractivity contribution >= 4 is 34.1 Å². The Balaban J connectivity index is 1.66. The molecule has 1 atom stereocenters. The zero-order valence-electron chi connectivity index (χ0n) is 21.5. The second-order valence-electron chi connectivity index (χ2n) is 9.88. The summed E-state index contributed by atoms with van der Waals surface area (Å²) in [5.41, 5.74) is 5.53. The van der Waals surface area contributed by atoms with E-state index in [4.69, 9.17) is 15.2 Å². The second-order valence-corrected chi connectivity index (χ2v) is 9.88. The van der Waals surface area contributed by atoms with E-state index in [2.05, 4.69) is 30.7 Å². The molecule has 3 aromatic rings. The van der Waals surface area contributed by atoms with Gasteiger partial charge in [-0.15, -0.1) is 5.10 Å². The molecule has 1 aliphatic rings. The molecule has 3 heterocycles. The lowest BCUT2D eigenvalue weighted by molar-refractivity contribution is -0.141. The van der Waals surface area contributed by atoms with Crippen molar-refractivity contribution in [3.63, 3.8) is 0 Å². The van der Waals surface area contributed by atoms with Gasteiger partial charge in [0, 0.05) is 35.2 Å². The van der Waals surface area contributed by atoms with Gasteiger partial charge in [0.2, 0.25) is 0 Å². The fourth-order valence-corrected chi connectivity index (χ4v) is 3.97. The largest absolute Gasteiger partial charge is 0.444 e. The number of nitrogens with one attached hydrogen (secondary N) is 2. The van der Waals surface area contributed by atoms with Gasteiger partial charge in [0.25, 0.3) is 0 Å². The van der Waals surface area contributed by atoms with Crippen LogP contribution in [0.1, 0.15) is 44.0 Å². The van der Waals surface area contributed by atoms with E-state index in [1.54, 1.807) is 20.8 Å². The molecule has 1 fully saturated rings. The highest BCUT2D eigenvalue weighted by Crippen LogP contribution is 2.33. The molecular formula is C25H30F3N7O3. The first kappa shape index (κ1) is 27.3. The quantitative estimate of drug-likeness (QED) is 0.403. The topological polar surface area (TPSA) is 128 Å². The molecule has 204 valence electrons. The van der Waals surface area contributed by atoms with Gasteiger partial charge in [-0.3, -0.25) is 5.32 Å². The molecule has 1 saturated heterocycles. The Morgan fingerprint density at radius 2 is 1.82 bits per heavy atom. The molecular weight excluding hydrogens is 503 g/mol. The lowest BCUT2D eigenvalue weighted by Crippen LogP contribution is -2.36. The van der Waals surface area contributed by atoms with Gasteiger partial charge in [-0.25, -0.2) is 9.78 Å². The van der Waals surface area contributed by atoms with Crippen molar-refractivity contribution < 1.29 is 27.4 Å². The first-order chi connectivity index (χ1) is 17.8. The number of alkyl halides is 3. The Bertz CT molecular complexity index is 1320. The van der Waals surface area contributed by atoms with E-state index >= 15 is 0 Å². The van der Waals surface area contributed by atoms with Crippen LogP contribution < -0.4 is 21.3 Å². The van der Waals surface area contributed by atoms with Crippen molar-refractivity contribution in [1.29, 1.82) is 0 Å². The van der Waals surface area contributed by atoms with E-state index in [1.165, 1.54) is 6.07 Å². The zero-order chi connectivity index (χ0) is 27.7. The Kier molecular flexibility index (Phi) is 7.61. The molecule has 1 amide bonds. The number of halogens is 3. The number of rotatable bonds is 5. The molecule has 13 heteroatoms. The minimum atomic E-state index is -4.77. The Morgan fingerprint density at radius 1 is 1.11 bits per heavy atom. The first-order valence-electron chi connectivity index (χ1n) is 12.0. The van der Waals surface area contributed by atoms with Crippen LogP contribution in [0.2, 0.25) is 0 Å². The molecule has 4 rings (SSSR count). The van der Waals surface area contributed by atoms with Crippen LogP contribution in [0.3, 0.4) is 0 Å². The SMILES string of the molecule is Cc1nnc(N[C@H](N)c2cc(NC(=O)OC(C)(C)C)cc(C(F)(F)F)n2)c2cc(N3CCOCC3)ccc12. The van der Waals surface area contributed by atoms with Crippen molar-refractivity contribution in [2.24, 2.45) is 5.73 Å². The van der Waals surface area contributed by atoms with Crippen molar-refractivity contribution in [3.8, 4) is 0 Å². The van der Waals surface area contributed by atoms with Crippen LogP contribution in [-0.4, -0.2) is 53.2 Å². The highest BCUT2D eigenvalue weighted by Gasteiger charge is 2.34. The number of nitrogens with two attached hydrogens (primary N) is 1. The molecule has 0 unspecified atom stereocenters. The molecule has 0 aliphatic carbocycles. The molecule has 1 aliphatic heterocycles. The van der Waals surface area contributed by atoms with E-state index in [1.807, 2.05) is 25.1 Å². The number of hydrogen-bond donors (Lipinski definition) is 3. The standard InChI is InChI=1S/C25H30F3N7O3/c1-14-17-6-5-16(35-7-9-37-10-8-35)13-18(17)22(34-33-14)32-21(29)19-11-15(12-20(31-19)25(26,27)28)30-23(36)38-24(2,3)4/h5-6,11-13,21H,7-10,29H2,1-4H3,(H,32,34)(H,30,31,36)/t21-/m0/s1. The van der Waals surface area contributed by atoms with Crippen LogP contribution in [0, 0.1) is 6.92 Å². The number of nitrogens with zero attached hydrogens (tertiary/aromatic N) is 4.